The second kappa shape index (κ2) is 7.77. The zero-order valence-electron chi connectivity index (χ0n) is 12.6. The van der Waals surface area contributed by atoms with Gasteiger partial charge in [-0.3, -0.25) is 4.79 Å². The van der Waals surface area contributed by atoms with Gasteiger partial charge < -0.3 is 14.9 Å². The molecule has 3 aromatic rings. The number of carbonyl (C=O) groups excluding carboxylic acids is 1. The lowest BCUT2D eigenvalue weighted by atomic mass is 10.3. The topological polar surface area (TPSA) is 82.1 Å². The highest BCUT2D eigenvalue weighted by molar-refractivity contribution is 7.99. The first kappa shape index (κ1) is 17.6. The van der Waals surface area contributed by atoms with Crippen LogP contribution in [0.1, 0.15) is 0 Å². The third kappa shape index (κ3) is 4.25. The van der Waals surface area contributed by atoms with E-state index in [1.54, 1.807) is 30.3 Å². The summed E-state index contributed by atoms with van der Waals surface area (Å²) >= 11 is 12.8. The van der Waals surface area contributed by atoms with Gasteiger partial charge in [-0.2, -0.15) is 0 Å². The van der Waals surface area contributed by atoms with Gasteiger partial charge in [-0.25, -0.2) is 0 Å². The lowest BCUT2D eigenvalue weighted by Gasteiger charge is -2.05. The molecule has 0 aliphatic heterocycles. The molecule has 25 heavy (non-hydrogen) atoms. The lowest BCUT2D eigenvalue weighted by Crippen LogP contribution is -2.35. The molecule has 1 aromatic heterocycles. The van der Waals surface area contributed by atoms with Crippen LogP contribution in [0.2, 0.25) is 10.0 Å². The number of amides is 1. The quantitative estimate of drug-likeness (QED) is 0.530. The second-order valence-electron chi connectivity index (χ2n) is 4.88. The van der Waals surface area contributed by atoms with Crippen LogP contribution >= 0.6 is 35.0 Å². The molecule has 0 aliphatic rings. The summed E-state index contributed by atoms with van der Waals surface area (Å²) in [6.07, 6.45) is 0. The molecule has 0 bridgehead atoms. The van der Waals surface area contributed by atoms with Gasteiger partial charge in [-0.15, -0.1) is 0 Å². The fourth-order valence-electron chi connectivity index (χ4n) is 2.00. The van der Waals surface area contributed by atoms with Crippen molar-refractivity contribution in [3.8, 4) is 11.6 Å². The van der Waals surface area contributed by atoms with Crippen LogP contribution in [0.4, 0.5) is 5.69 Å². The monoisotopic (exact) mass is 395 g/mol. The zero-order valence-corrected chi connectivity index (χ0v) is 14.9. The molecule has 0 spiro atoms. The number of nitrogens with one attached hydrogen (secondary N) is 1. The number of nitrogens with zero attached hydrogens (tertiary/aromatic N) is 2. The first-order valence-corrected chi connectivity index (χ1v) is 8.81. The normalized spacial score (nSPS) is 10.6. The third-order valence-corrected chi connectivity index (χ3v) is 4.88. The summed E-state index contributed by atoms with van der Waals surface area (Å²) in [5.74, 6) is -0.899. The molecule has 0 atom stereocenters. The minimum Gasteiger partial charge on any atom is -0.538 e. The number of hydrogen-bond acceptors (Lipinski definition) is 5. The molecule has 6 nitrogen and oxygen atoms in total. The Kier molecular flexibility index (Phi) is 5.47. The molecule has 0 unspecified atom stereocenters. The predicted octanol–water partition coefficient (Wildman–Crippen LogP) is 3.06. The SMILES string of the molecule is O=C(CSc1c([O-])on[n+]1-c1ccccc1)Nc1ccc(Cl)c(Cl)c1. The van der Waals surface area contributed by atoms with Crippen molar-refractivity contribution < 1.29 is 19.1 Å². The molecule has 1 amide bonds. The van der Waals surface area contributed by atoms with E-state index in [2.05, 4.69) is 10.6 Å². The average Bonchev–Trinajstić information content (AvgIpc) is 2.98. The standard InChI is InChI=1S/C16H11Cl2N3O3S/c17-12-7-6-10(8-13(12)18)19-14(22)9-25-15-16(23)24-20-21(15)11-4-2-1-3-5-11/h1-8H,9H2,(H-,19,20,22,23). The molecule has 128 valence electrons. The van der Waals surface area contributed by atoms with Crippen LogP contribution in [0.5, 0.6) is 5.95 Å². The van der Waals surface area contributed by atoms with E-state index in [9.17, 15) is 9.90 Å². The third-order valence-electron chi connectivity index (χ3n) is 3.12. The minimum atomic E-state index is -0.601. The molecule has 1 N–H and O–H groups in total. The molecule has 9 heteroatoms. The Bertz CT molecular complexity index is 903. The van der Waals surface area contributed by atoms with E-state index in [1.807, 2.05) is 18.2 Å². The Labute approximate surface area is 157 Å². The van der Waals surface area contributed by atoms with Crippen molar-refractivity contribution in [1.82, 2.24) is 5.27 Å². The first-order chi connectivity index (χ1) is 12.0. The van der Waals surface area contributed by atoms with Gasteiger partial charge in [0.1, 0.15) is 0 Å². The number of benzene rings is 2. The van der Waals surface area contributed by atoms with Crippen LogP contribution in [0.25, 0.3) is 5.69 Å². The fourth-order valence-corrected chi connectivity index (χ4v) is 3.05. The van der Waals surface area contributed by atoms with Crippen molar-refractivity contribution in [3.05, 3.63) is 58.6 Å². The van der Waals surface area contributed by atoms with Gasteiger partial charge in [0.05, 0.1) is 21.1 Å². The molecule has 3 rings (SSSR count). The molecule has 0 saturated carbocycles. The number of carbonyl (C=O) groups is 1. The molecule has 0 fully saturated rings. The van der Waals surface area contributed by atoms with Crippen molar-refractivity contribution in [2.24, 2.45) is 0 Å². The van der Waals surface area contributed by atoms with Crippen LogP contribution in [-0.2, 0) is 4.79 Å². The summed E-state index contributed by atoms with van der Waals surface area (Å²) in [5.41, 5.74) is 1.18. The Morgan fingerprint density at radius 2 is 1.96 bits per heavy atom. The van der Waals surface area contributed by atoms with Gasteiger partial charge in [0.15, 0.2) is 5.95 Å². The molecule has 2 aromatic carbocycles. The lowest BCUT2D eigenvalue weighted by molar-refractivity contribution is -0.705. The van der Waals surface area contributed by atoms with Gasteiger partial charge in [0.2, 0.25) is 11.6 Å². The van der Waals surface area contributed by atoms with Crippen molar-refractivity contribution >= 4 is 46.6 Å². The van der Waals surface area contributed by atoms with Crippen molar-refractivity contribution in [3.63, 3.8) is 0 Å². The van der Waals surface area contributed by atoms with Crippen LogP contribution in [0, 0.1) is 0 Å². The van der Waals surface area contributed by atoms with Gasteiger partial charge in [0.25, 0.3) is 5.03 Å². The summed E-state index contributed by atoms with van der Waals surface area (Å²) in [6, 6.07) is 13.8. The highest BCUT2D eigenvalue weighted by Crippen LogP contribution is 2.26. The summed E-state index contributed by atoms with van der Waals surface area (Å²) in [6.45, 7) is 0. The fraction of sp³-hybridized carbons (Fsp3) is 0.0625. The number of rotatable bonds is 5. The Morgan fingerprint density at radius 3 is 2.68 bits per heavy atom. The maximum atomic E-state index is 12.1. The maximum absolute atomic E-state index is 12.1. The van der Waals surface area contributed by atoms with Crippen molar-refractivity contribution in [2.75, 3.05) is 11.1 Å². The van der Waals surface area contributed by atoms with Crippen LogP contribution in [-0.4, -0.2) is 16.9 Å². The van der Waals surface area contributed by atoms with E-state index in [0.717, 1.165) is 11.8 Å². The molecular weight excluding hydrogens is 385 g/mol. The Balaban J connectivity index is 1.68. The smallest absolute Gasteiger partial charge is 0.298 e. The Hall–Kier alpha value is -2.22. The molecule has 0 aliphatic carbocycles. The number of para-hydroxylation sites is 1. The van der Waals surface area contributed by atoms with E-state index in [-0.39, 0.29) is 16.7 Å². The van der Waals surface area contributed by atoms with E-state index >= 15 is 0 Å². The Morgan fingerprint density at radius 1 is 1.20 bits per heavy atom. The highest BCUT2D eigenvalue weighted by Gasteiger charge is 2.21. The molecule has 1 heterocycles. The summed E-state index contributed by atoms with van der Waals surface area (Å²) in [5, 5.41) is 19.2. The van der Waals surface area contributed by atoms with Crippen LogP contribution < -0.4 is 15.1 Å². The number of hydrogen-bond donors (Lipinski definition) is 1. The maximum Gasteiger partial charge on any atom is 0.298 e. The number of aromatic nitrogens is 2. The van der Waals surface area contributed by atoms with Crippen molar-refractivity contribution in [1.29, 1.82) is 0 Å². The summed E-state index contributed by atoms with van der Waals surface area (Å²) < 4.78 is 6.06. The zero-order chi connectivity index (χ0) is 17.8. The van der Waals surface area contributed by atoms with Gasteiger partial charge in [0, 0.05) is 17.8 Å². The molecule has 0 radical (unpaired) electrons. The summed E-state index contributed by atoms with van der Waals surface area (Å²) in [7, 11) is 0. The second-order valence-corrected chi connectivity index (χ2v) is 6.66. The van der Waals surface area contributed by atoms with Gasteiger partial charge in [-0.05, 0) is 34.6 Å². The van der Waals surface area contributed by atoms with E-state index in [1.165, 1.54) is 4.68 Å². The number of anilines is 1. The van der Waals surface area contributed by atoms with E-state index in [0.29, 0.717) is 21.4 Å². The van der Waals surface area contributed by atoms with Crippen molar-refractivity contribution in [2.45, 2.75) is 5.03 Å². The van der Waals surface area contributed by atoms with Crippen LogP contribution in [0.3, 0.4) is 0 Å². The predicted molar refractivity (Wildman–Crippen MR) is 93.3 cm³/mol. The highest BCUT2D eigenvalue weighted by atomic mass is 35.5. The van der Waals surface area contributed by atoms with Gasteiger partial charge in [-0.1, -0.05) is 41.4 Å². The first-order valence-electron chi connectivity index (χ1n) is 7.07. The van der Waals surface area contributed by atoms with Crippen LogP contribution in [0.15, 0.2) is 58.1 Å². The molecule has 0 saturated heterocycles. The minimum absolute atomic E-state index is 0.00350. The van der Waals surface area contributed by atoms with E-state index < -0.39 is 5.95 Å². The number of halogens is 2. The summed E-state index contributed by atoms with van der Waals surface area (Å²) in [4.78, 5) is 12.1. The van der Waals surface area contributed by atoms with E-state index in [4.69, 9.17) is 27.7 Å². The largest absolute Gasteiger partial charge is 0.538 e. The average molecular weight is 396 g/mol. The molecular formula is C16H11Cl2N3O3S. The van der Waals surface area contributed by atoms with Gasteiger partial charge >= 0.3 is 0 Å². The number of thioether (sulfide) groups is 1.